The summed E-state index contributed by atoms with van der Waals surface area (Å²) in [4.78, 5) is 50.2. The normalized spacial score (nSPS) is 36.7. The first-order chi connectivity index (χ1) is 27.0. The molecule has 0 radical (unpaired) electrons. The Balaban J connectivity index is 1.46. The molecule has 4 rings (SSSR count). The third-order valence-electron chi connectivity index (χ3n) is 10.7. The quantitative estimate of drug-likeness (QED) is 0.0469. The molecule has 326 valence electrons. The topological polar surface area (TPSA) is 306 Å². The molecule has 20 nitrogen and oxygen atoms in total. The van der Waals surface area contributed by atoms with Crippen molar-refractivity contribution in [2.75, 3.05) is 13.2 Å². The number of aliphatic hydroxyl groups is 8. The average molecular weight is 819 g/mol. The summed E-state index contributed by atoms with van der Waals surface area (Å²) < 4.78 is 23.3. The maximum atomic E-state index is 13.1. The largest absolute Gasteiger partial charge is 0.394 e. The zero-order valence-corrected chi connectivity index (χ0v) is 32.7. The first kappa shape index (κ1) is 46.8. The fourth-order valence-corrected chi connectivity index (χ4v) is 7.49. The van der Waals surface area contributed by atoms with Crippen LogP contribution >= 0.6 is 0 Å². The lowest BCUT2D eigenvalue weighted by Crippen LogP contribution is -2.68. The molecule has 4 aliphatic rings. The van der Waals surface area contributed by atoms with Gasteiger partial charge in [-0.05, 0) is 24.8 Å². The maximum Gasteiger partial charge on any atom is 0.326 e. The summed E-state index contributed by atoms with van der Waals surface area (Å²) >= 11 is 0. The molecule has 0 aliphatic carbocycles. The van der Waals surface area contributed by atoms with E-state index in [9.17, 15) is 60.0 Å². The van der Waals surface area contributed by atoms with Crippen molar-refractivity contribution in [1.29, 1.82) is 0 Å². The Morgan fingerprint density at radius 2 is 1.44 bits per heavy atom. The number of hydrogen-bond acceptors (Lipinski definition) is 16. The van der Waals surface area contributed by atoms with Gasteiger partial charge in [0.25, 0.3) is 0 Å². The zero-order chi connectivity index (χ0) is 42.0. The summed E-state index contributed by atoms with van der Waals surface area (Å²) in [7, 11) is 0. The Hall–Kier alpha value is -2.86. The number of allylic oxidation sites excluding steroid dienone is 1. The van der Waals surface area contributed by atoms with Gasteiger partial charge in [0.15, 0.2) is 18.8 Å². The fourth-order valence-electron chi connectivity index (χ4n) is 7.49. The fraction of sp³-hybridized carbons (Fsp3) is 0.838. The number of urea groups is 1. The number of nitrogens with one attached hydrogen (secondary N) is 3. The molecule has 4 fully saturated rings. The molecule has 0 aromatic carbocycles. The molecule has 2 unspecified atom stereocenters. The minimum Gasteiger partial charge on any atom is -0.394 e. The number of unbranched alkanes of at least 4 members (excludes halogenated alkanes) is 6. The monoisotopic (exact) mass is 818 g/mol. The van der Waals surface area contributed by atoms with Gasteiger partial charge in [0.2, 0.25) is 17.7 Å². The van der Waals surface area contributed by atoms with E-state index in [0.717, 1.165) is 37.5 Å². The van der Waals surface area contributed by atoms with Gasteiger partial charge >= 0.3 is 6.03 Å². The van der Waals surface area contributed by atoms with Crippen LogP contribution < -0.4 is 16.0 Å². The van der Waals surface area contributed by atoms with Crippen molar-refractivity contribution in [2.45, 2.75) is 177 Å². The molecule has 0 aromatic rings. The molecule has 0 bridgehead atoms. The van der Waals surface area contributed by atoms with Crippen LogP contribution in [0.5, 0.6) is 0 Å². The van der Waals surface area contributed by atoms with Crippen LogP contribution in [0.2, 0.25) is 0 Å². The lowest BCUT2D eigenvalue weighted by Gasteiger charge is -2.47. The maximum absolute atomic E-state index is 13.1. The number of hydrogen-bond donors (Lipinski definition) is 11. The molecule has 0 saturated carbocycles. The zero-order valence-electron chi connectivity index (χ0n) is 32.7. The molecule has 5 amide bonds. The van der Waals surface area contributed by atoms with E-state index in [4.69, 9.17) is 18.9 Å². The lowest BCUT2D eigenvalue weighted by molar-refractivity contribution is -0.346. The van der Waals surface area contributed by atoms with E-state index < -0.39 is 129 Å². The second-order valence-electron chi connectivity index (χ2n) is 15.7. The summed E-state index contributed by atoms with van der Waals surface area (Å²) in [6, 6.07) is -3.86. The van der Waals surface area contributed by atoms with Crippen LogP contribution in [0.1, 0.15) is 85.0 Å². The van der Waals surface area contributed by atoms with Gasteiger partial charge in [0.1, 0.15) is 60.9 Å². The number of nitrogens with zero attached hydrogens (tertiary/aromatic N) is 1. The number of amides is 5. The van der Waals surface area contributed by atoms with E-state index in [-0.39, 0.29) is 13.0 Å². The number of ether oxygens (including phenoxy) is 4. The van der Waals surface area contributed by atoms with E-state index in [1.165, 1.54) is 25.3 Å². The predicted octanol–water partition coefficient (Wildman–Crippen LogP) is -2.65. The average Bonchev–Trinajstić information content (AvgIpc) is 3.45. The predicted molar refractivity (Wildman–Crippen MR) is 196 cm³/mol. The van der Waals surface area contributed by atoms with E-state index in [0.29, 0.717) is 12.3 Å². The molecule has 57 heavy (non-hydrogen) atoms. The summed E-state index contributed by atoms with van der Waals surface area (Å²) in [6.07, 6.45) is -11.1. The van der Waals surface area contributed by atoms with Crippen LogP contribution in [-0.4, -0.2) is 175 Å². The molecule has 0 spiro atoms. The van der Waals surface area contributed by atoms with Crippen LogP contribution in [0.4, 0.5) is 4.79 Å². The smallest absolute Gasteiger partial charge is 0.326 e. The van der Waals surface area contributed by atoms with E-state index in [2.05, 4.69) is 29.8 Å². The van der Waals surface area contributed by atoms with Crippen molar-refractivity contribution in [2.24, 2.45) is 5.92 Å². The van der Waals surface area contributed by atoms with Crippen molar-refractivity contribution in [3.8, 4) is 0 Å². The Bertz CT molecular complexity index is 1360. The lowest BCUT2D eigenvalue weighted by atomic mass is 9.91. The minimum absolute atomic E-state index is 0.0994. The summed E-state index contributed by atoms with van der Waals surface area (Å²) in [5, 5.41) is 93.5. The van der Waals surface area contributed by atoms with Gasteiger partial charge in [-0.3, -0.25) is 24.6 Å². The highest BCUT2D eigenvalue weighted by atomic mass is 16.8. The Kier molecular flexibility index (Phi) is 18.0. The summed E-state index contributed by atoms with van der Waals surface area (Å²) in [5.74, 6) is -1.20. The first-order valence-electron chi connectivity index (χ1n) is 19.9. The molecule has 20 heteroatoms. The van der Waals surface area contributed by atoms with Gasteiger partial charge in [-0.15, -0.1) is 0 Å². The molecular weight excluding hydrogens is 756 g/mol. The minimum atomic E-state index is -1.84. The Labute approximate surface area is 331 Å². The van der Waals surface area contributed by atoms with Gasteiger partial charge in [-0.2, -0.15) is 0 Å². The highest BCUT2D eigenvalue weighted by molar-refractivity contribution is 5.96. The van der Waals surface area contributed by atoms with E-state index in [1.807, 2.05) is 0 Å². The second kappa shape index (κ2) is 21.9. The highest BCUT2D eigenvalue weighted by Crippen LogP contribution is 2.33. The van der Waals surface area contributed by atoms with Gasteiger partial charge < -0.3 is 70.4 Å². The molecular formula is C37H62N4O16. The third-order valence-corrected chi connectivity index (χ3v) is 10.7. The highest BCUT2D eigenvalue weighted by Gasteiger charge is 2.54. The summed E-state index contributed by atoms with van der Waals surface area (Å²) in [5.41, 5.74) is 0. The molecule has 4 saturated heterocycles. The number of imide groups is 1. The van der Waals surface area contributed by atoms with Gasteiger partial charge in [0.05, 0.1) is 18.8 Å². The number of aliphatic hydroxyl groups excluding tert-OH is 8. The SMILES string of the molecule is CC(=O)N[C@@H]1[C@H](O[C@@H]2O[C@H](CC(O)C3O[C@@H](N4CCC(=O)NC4=O)[C@H](O)[C@@H]3O)[C@H](O)[C@H](O)[C@H]2NC(=O)/C=C\CCCCCCCCC(C)C)O[C@@H](CO)[C@H](O)[C@H]1O. The third kappa shape index (κ3) is 12.6. The summed E-state index contributed by atoms with van der Waals surface area (Å²) in [6.45, 7) is 4.63. The van der Waals surface area contributed by atoms with Gasteiger partial charge in [-0.25, -0.2) is 4.79 Å². The molecule has 11 N–H and O–H groups in total. The van der Waals surface area contributed by atoms with Gasteiger partial charge in [0, 0.05) is 26.3 Å². The van der Waals surface area contributed by atoms with Crippen LogP contribution in [0, 0.1) is 5.92 Å². The van der Waals surface area contributed by atoms with Crippen molar-refractivity contribution >= 4 is 23.8 Å². The first-order valence-corrected chi connectivity index (χ1v) is 19.9. The number of rotatable bonds is 19. The van der Waals surface area contributed by atoms with Crippen molar-refractivity contribution in [1.82, 2.24) is 20.9 Å². The van der Waals surface area contributed by atoms with Crippen LogP contribution in [-0.2, 0) is 33.3 Å². The number of carbonyl (C=O) groups excluding carboxylic acids is 4. The Morgan fingerprint density at radius 1 is 0.842 bits per heavy atom. The van der Waals surface area contributed by atoms with Gasteiger partial charge in [-0.1, -0.05) is 58.4 Å². The molecule has 4 aliphatic heterocycles. The molecule has 15 atom stereocenters. The van der Waals surface area contributed by atoms with Crippen LogP contribution in [0.25, 0.3) is 0 Å². The van der Waals surface area contributed by atoms with Crippen molar-refractivity contribution < 1.29 is 79.0 Å². The van der Waals surface area contributed by atoms with E-state index in [1.54, 1.807) is 6.08 Å². The Morgan fingerprint density at radius 3 is 2.05 bits per heavy atom. The molecule has 4 heterocycles. The standard InChI is InChI=1S/C37H62N4O16/c1-18(2)12-10-8-6-4-5-7-9-11-13-23(45)39-26-30(50)27(47)21(54-36(26)57-35-25(38-19(3)43)29(49)28(48)22(17-42)55-35)16-20(44)33-31(51)32(52)34(56-33)41-15-14-24(46)40-37(41)53/h11,13,18,20-22,25-36,42,44,47-52H,4-10,12,14-17H2,1-3H3,(H,38,43)(H,39,45)(H,40,46,53)/b13-11-/t20?,21-,22+,25+,26-,27+,28+,29+,30-,31+,32-,33?,34-,35+,36+/m1/s1. The molecule has 0 aromatic heterocycles. The van der Waals surface area contributed by atoms with Crippen LogP contribution in [0.15, 0.2) is 12.2 Å². The number of carbonyl (C=O) groups is 4. The van der Waals surface area contributed by atoms with Crippen LogP contribution in [0.3, 0.4) is 0 Å². The van der Waals surface area contributed by atoms with Crippen molar-refractivity contribution in [3.05, 3.63) is 12.2 Å². The van der Waals surface area contributed by atoms with Crippen molar-refractivity contribution in [3.63, 3.8) is 0 Å². The second-order valence-corrected chi connectivity index (χ2v) is 15.7. The van der Waals surface area contributed by atoms with E-state index >= 15 is 0 Å².